The average Bonchev–Trinajstić information content (AvgIpc) is 3.16. The third kappa shape index (κ3) is 6.33. The number of benzene rings is 1. The molecule has 31 heavy (non-hydrogen) atoms. The van der Waals surface area contributed by atoms with Gasteiger partial charge in [0.1, 0.15) is 0 Å². The number of aliphatic hydroxyl groups is 1. The van der Waals surface area contributed by atoms with Gasteiger partial charge in [0.25, 0.3) is 5.91 Å². The molecule has 3 N–H and O–H groups in total. The van der Waals surface area contributed by atoms with Crippen LogP contribution in [0.25, 0.3) is 10.9 Å². The molecule has 1 aromatic heterocycles. The summed E-state index contributed by atoms with van der Waals surface area (Å²) in [6.07, 6.45) is 12.0. The number of nitrogens with zero attached hydrogens (tertiary/aromatic N) is 1. The van der Waals surface area contributed by atoms with Crippen LogP contribution in [0.15, 0.2) is 18.2 Å². The van der Waals surface area contributed by atoms with Gasteiger partial charge in [0.2, 0.25) is 5.91 Å². The summed E-state index contributed by atoms with van der Waals surface area (Å²) in [6, 6.07) is 5.56. The molecule has 6 heteroatoms. The maximum atomic E-state index is 13.1. The molecule has 1 aliphatic rings. The highest BCUT2D eigenvalue weighted by molar-refractivity contribution is 6.09. The van der Waals surface area contributed by atoms with Crippen molar-refractivity contribution in [1.29, 1.82) is 0 Å². The van der Waals surface area contributed by atoms with Gasteiger partial charge in [-0.1, -0.05) is 45.4 Å². The Balaban J connectivity index is 1.59. The number of rotatable bonds is 11. The predicted molar refractivity (Wildman–Crippen MR) is 125 cm³/mol. The van der Waals surface area contributed by atoms with E-state index in [1.807, 2.05) is 23.1 Å². The van der Waals surface area contributed by atoms with E-state index in [1.165, 1.54) is 32.1 Å². The summed E-state index contributed by atoms with van der Waals surface area (Å²) < 4.78 is 0. The second-order valence-electron chi connectivity index (χ2n) is 8.67. The number of amides is 2. The number of likely N-dealkylation sites (tertiary alicyclic amines) is 1. The van der Waals surface area contributed by atoms with Crippen LogP contribution in [0.1, 0.15) is 93.6 Å². The van der Waals surface area contributed by atoms with Crippen LogP contribution in [0.2, 0.25) is 0 Å². The van der Waals surface area contributed by atoms with Gasteiger partial charge >= 0.3 is 0 Å². The lowest BCUT2D eigenvalue weighted by Gasteiger charge is -2.26. The van der Waals surface area contributed by atoms with Gasteiger partial charge in [-0.15, -0.1) is 0 Å². The molecule has 1 aliphatic heterocycles. The summed E-state index contributed by atoms with van der Waals surface area (Å²) >= 11 is 0. The smallest absolute Gasteiger partial charge is 0.256 e. The van der Waals surface area contributed by atoms with E-state index in [1.54, 1.807) is 0 Å². The molecule has 0 unspecified atom stereocenters. The molecule has 0 bridgehead atoms. The Morgan fingerprint density at radius 3 is 2.45 bits per heavy atom. The first-order chi connectivity index (χ1) is 15.1. The van der Waals surface area contributed by atoms with Gasteiger partial charge in [0.15, 0.2) is 0 Å². The number of H-pyrrole nitrogens is 1. The maximum absolute atomic E-state index is 13.1. The number of hydrogen-bond acceptors (Lipinski definition) is 3. The molecule has 0 radical (unpaired) electrons. The quantitative estimate of drug-likeness (QED) is 0.422. The van der Waals surface area contributed by atoms with Crippen molar-refractivity contribution in [1.82, 2.24) is 9.88 Å². The van der Waals surface area contributed by atoms with Crippen molar-refractivity contribution in [3.8, 4) is 0 Å². The minimum Gasteiger partial charge on any atom is -0.390 e. The van der Waals surface area contributed by atoms with E-state index in [-0.39, 0.29) is 18.4 Å². The number of nitrogens with one attached hydrogen (secondary N) is 2. The monoisotopic (exact) mass is 427 g/mol. The van der Waals surface area contributed by atoms with Crippen LogP contribution in [-0.2, 0) is 11.4 Å². The van der Waals surface area contributed by atoms with Gasteiger partial charge in [-0.05, 0) is 43.9 Å². The van der Waals surface area contributed by atoms with Crippen LogP contribution in [0, 0.1) is 0 Å². The molecule has 2 heterocycles. The summed E-state index contributed by atoms with van der Waals surface area (Å²) in [4.78, 5) is 30.4. The van der Waals surface area contributed by atoms with E-state index in [4.69, 9.17) is 0 Å². The second kappa shape index (κ2) is 11.9. The molecular weight excluding hydrogens is 390 g/mol. The largest absolute Gasteiger partial charge is 0.390 e. The number of fused-ring (bicyclic) bond motifs is 1. The molecule has 1 saturated heterocycles. The fraction of sp³-hybridized carbons (Fsp3) is 0.600. The average molecular weight is 428 g/mol. The van der Waals surface area contributed by atoms with E-state index >= 15 is 0 Å². The van der Waals surface area contributed by atoms with Gasteiger partial charge in [0, 0.05) is 36.1 Å². The summed E-state index contributed by atoms with van der Waals surface area (Å²) in [5.41, 5.74) is 2.57. The molecule has 1 fully saturated rings. The first-order valence-corrected chi connectivity index (χ1v) is 12.0. The third-order valence-corrected chi connectivity index (χ3v) is 6.18. The lowest BCUT2D eigenvalue weighted by Crippen LogP contribution is -2.36. The molecule has 0 saturated carbocycles. The van der Waals surface area contributed by atoms with E-state index in [0.29, 0.717) is 23.4 Å². The van der Waals surface area contributed by atoms with Gasteiger partial charge in [-0.2, -0.15) is 0 Å². The summed E-state index contributed by atoms with van der Waals surface area (Å²) in [6.45, 7) is 3.53. The Morgan fingerprint density at radius 2 is 1.74 bits per heavy atom. The van der Waals surface area contributed by atoms with Crippen LogP contribution in [0.5, 0.6) is 0 Å². The summed E-state index contributed by atoms with van der Waals surface area (Å²) in [5, 5.41) is 13.6. The highest BCUT2D eigenvalue weighted by Crippen LogP contribution is 2.28. The Hall–Kier alpha value is -2.34. The fourth-order valence-corrected chi connectivity index (χ4v) is 4.42. The normalized spacial score (nSPS) is 14.2. The van der Waals surface area contributed by atoms with Crippen molar-refractivity contribution in [3.63, 3.8) is 0 Å². The highest BCUT2D eigenvalue weighted by atomic mass is 16.3. The Morgan fingerprint density at radius 1 is 1.03 bits per heavy atom. The molecular formula is C25H37N3O3. The SMILES string of the molecule is CCCCCCCCCC(=O)Nc1ccc2c(C(=O)N3CCCCC3)c(CO)[nH]c2c1. The molecule has 3 rings (SSSR count). The maximum Gasteiger partial charge on any atom is 0.256 e. The number of anilines is 1. The second-order valence-corrected chi connectivity index (χ2v) is 8.67. The van der Waals surface area contributed by atoms with Crippen LogP contribution in [0.4, 0.5) is 5.69 Å². The van der Waals surface area contributed by atoms with Crippen molar-refractivity contribution >= 4 is 28.4 Å². The van der Waals surface area contributed by atoms with Gasteiger partial charge in [-0.25, -0.2) is 0 Å². The molecule has 6 nitrogen and oxygen atoms in total. The molecule has 0 atom stereocenters. The molecule has 2 aromatic rings. The van der Waals surface area contributed by atoms with E-state index in [0.717, 1.165) is 56.1 Å². The number of aromatic nitrogens is 1. The number of carbonyl (C=O) groups excluding carboxylic acids is 2. The molecule has 1 aromatic carbocycles. The predicted octanol–water partition coefficient (Wildman–Crippen LogP) is 5.37. The topological polar surface area (TPSA) is 85.4 Å². The number of aliphatic hydroxyl groups excluding tert-OH is 1. The lowest BCUT2D eigenvalue weighted by atomic mass is 10.1. The van der Waals surface area contributed by atoms with Crippen molar-refractivity contribution < 1.29 is 14.7 Å². The van der Waals surface area contributed by atoms with Crippen molar-refractivity contribution in [2.75, 3.05) is 18.4 Å². The Kier molecular flexibility index (Phi) is 8.95. The third-order valence-electron chi connectivity index (χ3n) is 6.18. The zero-order valence-electron chi connectivity index (χ0n) is 18.8. The number of carbonyl (C=O) groups is 2. The summed E-state index contributed by atoms with van der Waals surface area (Å²) in [5.74, 6) is -0.00261. The molecule has 2 amide bonds. The minimum atomic E-state index is -0.219. The van der Waals surface area contributed by atoms with Crippen LogP contribution >= 0.6 is 0 Å². The minimum absolute atomic E-state index is 0.0199. The van der Waals surface area contributed by atoms with Gasteiger partial charge in [-0.3, -0.25) is 9.59 Å². The zero-order valence-corrected chi connectivity index (χ0v) is 18.8. The molecule has 0 aliphatic carbocycles. The van der Waals surface area contributed by atoms with Crippen LogP contribution in [-0.4, -0.2) is 39.9 Å². The van der Waals surface area contributed by atoms with E-state index < -0.39 is 0 Å². The number of piperidine rings is 1. The van der Waals surface area contributed by atoms with E-state index in [2.05, 4.69) is 17.2 Å². The number of unbranched alkanes of at least 4 members (excludes halogenated alkanes) is 6. The zero-order chi connectivity index (χ0) is 22.1. The fourth-order valence-electron chi connectivity index (χ4n) is 4.42. The number of aromatic amines is 1. The molecule has 0 spiro atoms. The van der Waals surface area contributed by atoms with Gasteiger partial charge in [0.05, 0.1) is 17.9 Å². The van der Waals surface area contributed by atoms with Crippen molar-refractivity contribution in [2.45, 2.75) is 84.2 Å². The summed E-state index contributed by atoms with van der Waals surface area (Å²) in [7, 11) is 0. The van der Waals surface area contributed by atoms with Crippen LogP contribution in [0.3, 0.4) is 0 Å². The molecule has 170 valence electrons. The highest BCUT2D eigenvalue weighted by Gasteiger charge is 2.24. The lowest BCUT2D eigenvalue weighted by molar-refractivity contribution is -0.116. The number of hydrogen-bond donors (Lipinski definition) is 3. The first kappa shape index (κ1) is 23.3. The first-order valence-electron chi connectivity index (χ1n) is 12.0. The van der Waals surface area contributed by atoms with Crippen molar-refractivity contribution in [3.05, 3.63) is 29.5 Å². The standard InChI is InChI=1S/C25H37N3O3/c1-2-3-4-5-6-7-9-12-23(30)26-19-13-14-20-21(17-19)27-22(18-29)24(20)25(31)28-15-10-8-11-16-28/h13-14,17,27,29H,2-12,15-16,18H2,1H3,(H,26,30). The Bertz CT molecular complexity index is 868. The Labute approximate surface area is 185 Å². The van der Waals surface area contributed by atoms with Crippen molar-refractivity contribution in [2.24, 2.45) is 0 Å². The van der Waals surface area contributed by atoms with Crippen LogP contribution < -0.4 is 5.32 Å². The van der Waals surface area contributed by atoms with E-state index in [9.17, 15) is 14.7 Å². The van der Waals surface area contributed by atoms with Gasteiger partial charge < -0.3 is 20.3 Å².